The number of nitrogens with two attached hydrogens (primary N) is 1. The van der Waals surface area contributed by atoms with Crippen LogP contribution >= 0.6 is 0 Å². The van der Waals surface area contributed by atoms with E-state index in [1.165, 1.54) is 24.3 Å². The molecule has 2 N–H and O–H groups in total. The number of aromatic nitrogens is 1. The van der Waals surface area contributed by atoms with Crippen molar-refractivity contribution in [1.29, 1.82) is 0 Å². The van der Waals surface area contributed by atoms with Crippen LogP contribution in [0.5, 0.6) is 5.75 Å². The zero-order valence-electron chi connectivity index (χ0n) is 10.7. The third-order valence-corrected chi connectivity index (χ3v) is 2.70. The summed E-state index contributed by atoms with van der Waals surface area (Å²) in [6.45, 7) is 1.84. The van der Waals surface area contributed by atoms with Gasteiger partial charge in [0, 0.05) is 5.69 Å². The Balaban J connectivity index is 2.17. The predicted molar refractivity (Wildman–Crippen MR) is 68.1 cm³/mol. The number of hydrogen-bond acceptors (Lipinski definition) is 3. The average Bonchev–Trinajstić information content (AvgIpc) is 2.37. The quantitative estimate of drug-likeness (QED) is 0.939. The molecule has 3 nitrogen and oxygen atoms in total. The lowest BCUT2D eigenvalue weighted by Crippen LogP contribution is -2.17. The van der Waals surface area contributed by atoms with Crippen molar-refractivity contribution >= 4 is 0 Å². The number of benzene rings is 1. The Hall–Kier alpha value is -2.08. The molecule has 1 atom stereocenters. The number of nitrogens with zero attached hydrogens (tertiary/aromatic N) is 1. The number of alkyl halides is 3. The highest BCUT2D eigenvalue weighted by Gasteiger charge is 2.31. The molecule has 0 aliphatic rings. The van der Waals surface area contributed by atoms with Gasteiger partial charge in [-0.25, -0.2) is 0 Å². The van der Waals surface area contributed by atoms with E-state index in [2.05, 4.69) is 9.72 Å². The molecular formula is C14H13F3N2O. The maximum absolute atomic E-state index is 12.1. The van der Waals surface area contributed by atoms with Crippen LogP contribution in [0.25, 0.3) is 0 Å². The van der Waals surface area contributed by atoms with Crippen molar-refractivity contribution in [1.82, 2.24) is 4.98 Å². The summed E-state index contributed by atoms with van der Waals surface area (Å²) in [6, 6.07) is 10.4. The van der Waals surface area contributed by atoms with Crippen LogP contribution in [0.3, 0.4) is 0 Å². The molecule has 0 spiro atoms. The van der Waals surface area contributed by atoms with Crippen LogP contribution in [0.4, 0.5) is 13.2 Å². The van der Waals surface area contributed by atoms with E-state index in [-0.39, 0.29) is 5.75 Å². The minimum absolute atomic E-state index is 0.273. The van der Waals surface area contributed by atoms with Crippen molar-refractivity contribution < 1.29 is 17.9 Å². The van der Waals surface area contributed by atoms with E-state index in [4.69, 9.17) is 5.73 Å². The minimum atomic E-state index is -4.69. The van der Waals surface area contributed by atoms with Crippen molar-refractivity contribution in [2.45, 2.75) is 19.3 Å². The van der Waals surface area contributed by atoms with Gasteiger partial charge in [-0.05, 0) is 36.8 Å². The molecule has 2 aromatic rings. The summed E-state index contributed by atoms with van der Waals surface area (Å²) in [4.78, 5) is 4.30. The zero-order valence-corrected chi connectivity index (χ0v) is 10.7. The van der Waals surface area contributed by atoms with Crippen molar-refractivity contribution in [3.05, 3.63) is 59.4 Å². The lowest BCUT2D eigenvalue weighted by molar-refractivity contribution is -0.274. The van der Waals surface area contributed by atoms with Crippen LogP contribution in [0.2, 0.25) is 0 Å². The Morgan fingerprint density at radius 3 is 2.30 bits per heavy atom. The van der Waals surface area contributed by atoms with Crippen LogP contribution in [0.1, 0.15) is 23.0 Å². The number of rotatable bonds is 3. The maximum Gasteiger partial charge on any atom is 0.573 e. The molecule has 0 fully saturated rings. The van der Waals surface area contributed by atoms with Crippen LogP contribution in [0.15, 0.2) is 42.5 Å². The molecule has 1 aromatic heterocycles. The van der Waals surface area contributed by atoms with Gasteiger partial charge in [0.1, 0.15) is 5.75 Å². The monoisotopic (exact) mass is 282 g/mol. The molecule has 0 saturated heterocycles. The van der Waals surface area contributed by atoms with Crippen molar-refractivity contribution in [3.8, 4) is 5.75 Å². The number of aryl methyl sites for hydroxylation is 1. The lowest BCUT2D eigenvalue weighted by atomic mass is 10.0. The Bertz CT molecular complexity index is 582. The summed E-state index contributed by atoms with van der Waals surface area (Å²) in [7, 11) is 0. The molecule has 1 heterocycles. The summed E-state index contributed by atoms with van der Waals surface area (Å²) >= 11 is 0. The van der Waals surface area contributed by atoms with Gasteiger partial charge in [-0.3, -0.25) is 4.98 Å². The molecule has 6 heteroatoms. The fourth-order valence-electron chi connectivity index (χ4n) is 1.78. The normalized spacial score (nSPS) is 13.1. The summed E-state index contributed by atoms with van der Waals surface area (Å²) < 4.78 is 40.0. The molecule has 0 bridgehead atoms. The largest absolute Gasteiger partial charge is 0.573 e. The van der Waals surface area contributed by atoms with Gasteiger partial charge in [0.15, 0.2) is 0 Å². The van der Waals surface area contributed by atoms with E-state index < -0.39 is 12.4 Å². The summed E-state index contributed by atoms with van der Waals surface area (Å²) in [5.74, 6) is -0.273. The molecule has 0 radical (unpaired) electrons. The van der Waals surface area contributed by atoms with Gasteiger partial charge in [-0.2, -0.15) is 0 Å². The minimum Gasteiger partial charge on any atom is -0.406 e. The summed E-state index contributed by atoms with van der Waals surface area (Å²) in [5, 5.41) is 0. The third kappa shape index (κ3) is 3.71. The molecule has 20 heavy (non-hydrogen) atoms. The smallest absolute Gasteiger partial charge is 0.406 e. The topological polar surface area (TPSA) is 48.1 Å². The second-order valence-corrected chi connectivity index (χ2v) is 4.30. The Labute approximate surface area is 114 Å². The highest BCUT2D eigenvalue weighted by molar-refractivity contribution is 5.33. The molecular weight excluding hydrogens is 269 g/mol. The summed E-state index contributed by atoms with van der Waals surface area (Å²) in [5.41, 5.74) is 8.19. The number of hydrogen-bond donors (Lipinski definition) is 1. The molecule has 2 rings (SSSR count). The van der Waals surface area contributed by atoms with E-state index in [1.54, 1.807) is 6.07 Å². The maximum atomic E-state index is 12.1. The SMILES string of the molecule is Cc1cccc([C@H](N)c2ccc(OC(F)(F)F)cc2)n1. The molecule has 0 aliphatic heterocycles. The van der Waals surface area contributed by atoms with E-state index in [0.29, 0.717) is 11.3 Å². The number of ether oxygens (including phenoxy) is 1. The van der Waals surface area contributed by atoms with Crippen LogP contribution in [-0.4, -0.2) is 11.3 Å². The van der Waals surface area contributed by atoms with Gasteiger partial charge in [0.2, 0.25) is 0 Å². The Kier molecular flexibility index (Phi) is 3.94. The molecule has 0 unspecified atom stereocenters. The molecule has 106 valence electrons. The lowest BCUT2D eigenvalue weighted by Gasteiger charge is -2.13. The molecule has 0 amide bonds. The highest BCUT2D eigenvalue weighted by atomic mass is 19.4. The van der Waals surface area contributed by atoms with Crippen LogP contribution < -0.4 is 10.5 Å². The molecule has 1 aromatic carbocycles. The number of halogens is 3. The van der Waals surface area contributed by atoms with Gasteiger partial charge in [0.25, 0.3) is 0 Å². The third-order valence-electron chi connectivity index (χ3n) is 2.70. The fourth-order valence-corrected chi connectivity index (χ4v) is 1.78. The first-order chi connectivity index (χ1) is 9.35. The molecule has 0 saturated carbocycles. The summed E-state index contributed by atoms with van der Waals surface area (Å²) in [6.07, 6.45) is -4.69. The van der Waals surface area contributed by atoms with E-state index in [1.807, 2.05) is 19.1 Å². The first-order valence-electron chi connectivity index (χ1n) is 5.90. The second kappa shape index (κ2) is 5.50. The van der Waals surface area contributed by atoms with Crippen molar-refractivity contribution in [2.75, 3.05) is 0 Å². The van der Waals surface area contributed by atoms with Gasteiger partial charge >= 0.3 is 6.36 Å². The fraction of sp³-hybridized carbons (Fsp3) is 0.214. The average molecular weight is 282 g/mol. The van der Waals surface area contributed by atoms with Crippen LogP contribution in [0, 0.1) is 6.92 Å². The Morgan fingerprint density at radius 2 is 1.75 bits per heavy atom. The van der Waals surface area contributed by atoms with Gasteiger partial charge in [0.05, 0.1) is 11.7 Å². The Morgan fingerprint density at radius 1 is 1.10 bits per heavy atom. The van der Waals surface area contributed by atoms with Crippen molar-refractivity contribution in [3.63, 3.8) is 0 Å². The molecule has 0 aliphatic carbocycles. The van der Waals surface area contributed by atoms with E-state index in [0.717, 1.165) is 5.69 Å². The van der Waals surface area contributed by atoms with Gasteiger partial charge < -0.3 is 10.5 Å². The second-order valence-electron chi connectivity index (χ2n) is 4.30. The first-order valence-corrected chi connectivity index (χ1v) is 5.90. The highest BCUT2D eigenvalue weighted by Crippen LogP contribution is 2.25. The van der Waals surface area contributed by atoms with Gasteiger partial charge in [-0.1, -0.05) is 18.2 Å². The van der Waals surface area contributed by atoms with Gasteiger partial charge in [-0.15, -0.1) is 13.2 Å². The van der Waals surface area contributed by atoms with Crippen molar-refractivity contribution in [2.24, 2.45) is 5.73 Å². The van der Waals surface area contributed by atoms with E-state index in [9.17, 15) is 13.2 Å². The standard InChI is InChI=1S/C14H13F3N2O/c1-9-3-2-4-12(19-9)13(18)10-5-7-11(8-6-10)20-14(15,16)17/h2-8,13H,18H2,1H3/t13-/m1/s1. The van der Waals surface area contributed by atoms with Crippen LogP contribution in [-0.2, 0) is 0 Å². The first kappa shape index (κ1) is 14.3. The van der Waals surface area contributed by atoms with E-state index >= 15 is 0 Å². The predicted octanol–water partition coefficient (Wildman–Crippen LogP) is 3.34. The number of pyridine rings is 1. The zero-order chi connectivity index (χ0) is 14.8.